The first-order valence-electron chi connectivity index (χ1n) is 15.2. The van der Waals surface area contributed by atoms with Crippen LogP contribution in [0.4, 0.5) is 0 Å². The summed E-state index contributed by atoms with van der Waals surface area (Å²) in [7, 11) is 2.19. The second-order valence-electron chi connectivity index (χ2n) is 11.6. The SMILES string of the molecule is C[C@@H](Oc1cc(-n2cnc3c2C=CC(C2=CCC(NCCCN4CCN(C)CC4)N=N2)C3)sc1C(N)=O)c1ccccc1Cl. The number of hydrogen-bond acceptors (Lipinski definition) is 9. The summed E-state index contributed by atoms with van der Waals surface area (Å²) in [6.07, 6.45) is 10.6. The highest BCUT2D eigenvalue weighted by Gasteiger charge is 2.26. The fourth-order valence-corrected chi connectivity index (χ4v) is 7.06. The zero-order valence-electron chi connectivity index (χ0n) is 25.2. The Morgan fingerprint density at radius 3 is 2.82 bits per heavy atom. The Labute approximate surface area is 267 Å². The molecule has 0 radical (unpaired) electrons. The quantitative estimate of drug-likeness (QED) is 0.277. The minimum Gasteiger partial charge on any atom is -0.484 e. The first-order chi connectivity index (χ1) is 21.4. The van der Waals surface area contributed by atoms with Crippen LogP contribution in [0.15, 0.2) is 64.7 Å². The number of amides is 1. The Balaban J connectivity index is 1.06. The van der Waals surface area contributed by atoms with Crippen molar-refractivity contribution in [3.63, 3.8) is 0 Å². The van der Waals surface area contributed by atoms with Crippen molar-refractivity contribution in [3.05, 3.63) is 81.4 Å². The number of nitrogens with one attached hydrogen (secondary N) is 1. The van der Waals surface area contributed by atoms with Gasteiger partial charge in [-0.15, -0.1) is 11.3 Å². The Hall–Kier alpha value is -3.35. The van der Waals surface area contributed by atoms with Gasteiger partial charge in [0.25, 0.3) is 5.91 Å². The summed E-state index contributed by atoms with van der Waals surface area (Å²) in [5, 5.41) is 14.1. The number of fused-ring (bicyclic) bond motifs is 1. The Morgan fingerprint density at radius 1 is 1.25 bits per heavy atom. The second-order valence-corrected chi connectivity index (χ2v) is 13.0. The molecule has 2 aliphatic heterocycles. The molecular formula is C32H39ClN8O2S. The molecule has 1 aromatic carbocycles. The number of nitrogens with two attached hydrogens (primary N) is 1. The average molecular weight is 635 g/mol. The van der Waals surface area contributed by atoms with E-state index in [0.29, 0.717) is 15.6 Å². The first-order valence-corrected chi connectivity index (χ1v) is 16.4. The third-order valence-corrected chi connectivity index (χ3v) is 9.92. The van der Waals surface area contributed by atoms with Crippen LogP contribution in [0.3, 0.4) is 0 Å². The second kappa shape index (κ2) is 13.7. The zero-order valence-corrected chi connectivity index (χ0v) is 26.7. The highest BCUT2D eigenvalue weighted by atomic mass is 35.5. The van der Waals surface area contributed by atoms with Gasteiger partial charge < -0.3 is 20.3 Å². The van der Waals surface area contributed by atoms with Crippen LogP contribution in [0.2, 0.25) is 5.02 Å². The third-order valence-electron chi connectivity index (χ3n) is 8.45. The number of carbonyl (C=O) groups excluding carboxylic acids is 1. The number of piperazine rings is 1. The van der Waals surface area contributed by atoms with Crippen molar-refractivity contribution in [1.82, 2.24) is 24.7 Å². The number of carbonyl (C=O) groups is 1. The van der Waals surface area contributed by atoms with Crippen LogP contribution in [-0.2, 0) is 6.42 Å². The number of ether oxygens (including phenoxy) is 1. The summed E-state index contributed by atoms with van der Waals surface area (Å²) in [6, 6.07) is 9.35. The lowest BCUT2D eigenvalue weighted by Gasteiger charge is -2.32. The molecule has 2 unspecified atom stereocenters. The van der Waals surface area contributed by atoms with E-state index in [4.69, 9.17) is 27.1 Å². The topological polar surface area (TPSA) is 113 Å². The fraction of sp³-hybridized carbons (Fsp3) is 0.438. The van der Waals surface area contributed by atoms with Crippen molar-refractivity contribution in [2.75, 3.05) is 46.3 Å². The lowest BCUT2D eigenvalue weighted by atomic mass is 9.92. The van der Waals surface area contributed by atoms with E-state index in [0.717, 1.165) is 86.2 Å². The molecule has 3 aromatic rings. The number of rotatable bonds is 11. The summed E-state index contributed by atoms with van der Waals surface area (Å²) < 4.78 is 8.18. The van der Waals surface area contributed by atoms with Gasteiger partial charge in [-0.25, -0.2) is 4.98 Å². The first kappa shape index (κ1) is 30.7. The number of allylic oxidation sites excluding steroid dienone is 1. The third kappa shape index (κ3) is 6.97. The molecule has 10 nitrogen and oxygen atoms in total. The lowest BCUT2D eigenvalue weighted by molar-refractivity contribution is 0.0998. The summed E-state index contributed by atoms with van der Waals surface area (Å²) >= 11 is 7.66. The number of halogens is 1. The molecule has 1 saturated heterocycles. The standard InChI is InChI=1S/C32H39ClN8O2S/c1-21(23-6-3-4-7-24(23)33)43-28-19-30(44-31(28)32(34)42)41-20-36-26-18-22(8-10-27(26)41)25-9-11-29(38-37-25)35-12-5-13-40-16-14-39(2)15-17-40/h3-4,6-10,19-22,29,35H,5,11-18H2,1-2H3,(H2,34,42)/t21-,22?,29?/m1/s1. The Bertz CT molecular complexity index is 1570. The molecule has 232 valence electrons. The maximum absolute atomic E-state index is 12.3. The molecule has 6 rings (SSSR count). The average Bonchev–Trinajstić information content (AvgIpc) is 3.64. The molecule has 1 aliphatic carbocycles. The molecule has 44 heavy (non-hydrogen) atoms. The van der Waals surface area contributed by atoms with Gasteiger partial charge in [-0.2, -0.15) is 10.2 Å². The summed E-state index contributed by atoms with van der Waals surface area (Å²) in [6.45, 7) is 8.58. The highest BCUT2D eigenvalue weighted by Crippen LogP contribution is 2.38. The number of azo groups is 1. The van der Waals surface area contributed by atoms with E-state index < -0.39 is 5.91 Å². The van der Waals surface area contributed by atoms with Crippen LogP contribution in [-0.4, -0.2) is 77.7 Å². The van der Waals surface area contributed by atoms with Crippen LogP contribution in [0.5, 0.6) is 5.75 Å². The van der Waals surface area contributed by atoms with Crippen LogP contribution < -0.4 is 15.8 Å². The largest absolute Gasteiger partial charge is 0.484 e. The smallest absolute Gasteiger partial charge is 0.262 e. The van der Waals surface area contributed by atoms with Gasteiger partial charge in [0.05, 0.1) is 17.1 Å². The molecule has 3 aliphatic rings. The fourth-order valence-electron chi connectivity index (χ4n) is 5.84. The number of primary amides is 1. The molecule has 0 spiro atoms. The van der Waals surface area contributed by atoms with E-state index in [9.17, 15) is 4.79 Å². The predicted molar refractivity (Wildman–Crippen MR) is 175 cm³/mol. The number of thiophene rings is 1. The van der Waals surface area contributed by atoms with Crippen molar-refractivity contribution in [2.24, 2.45) is 21.9 Å². The van der Waals surface area contributed by atoms with Gasteiger partial charge in [-0.05, 0) is 45.6 Å². The van der Waals surface area contributed by atoms with E-state index in [2.05, 4.69) is 50.6 Å². The maximum Gasteiger partial charge on any atom is 0.262 e. The molecular weight excluding hydrogens is 596 g/mol. The van der Waals surface area contributed by atoms with Gasteiger partial charge in [0, 0.05) is 61.6 Å². The van der Waals surface area contributed by atoms with Gasteiger partial charge in [-0.1, -0.05) is 42.0 Å². The van der Waals surface area contributed by atoms with E-state index in [-0.39, 0.29) is 18.2 Å². The van der Waals surface area contributed by atoms with Crippen LogP contribution >= 0.6 is 22.9 Å². The Morgan fingerprint density at radius 2 is 2.07 bits per heavy atom. The van der Waals surface area contributed by atoms with E-state index >= 15 is 0 Å². The molecule has 12 heteroatoms. The van der Waals surface area contributed by atoms with Crippen LogP contribution in [0.1, 0.15) is 52.5 Å². The number of hydrogen-bond donors (Lipinski definition) is 2. The van der Waals surface area contributed by atoms with E-state index in [1.807, 2.05) is 41.8 Å². The zero-order chi connectivity index (χ0) is 30.6. The summed E-state index contributed by atoms with van der Waals surface area (Å²) in [5.41, 5.74) is 9.49. The minimum atomic E-state index is -0.537. The van der Waals surface area contributed by atoms with Crippen molar-refractivity contribution < 1.29 is 9.53 Å². The predicted octanol–water partition coefficient (Wildman–Crippen LogP) is 5.30. The molecule has 3 N–H and O–H groups in total. The molecule has 3 atom stereocenters. The summed E-state index contributed by atoms with van der Waals surface area (Å²) in [5.74, 6) is 0.0117. The minimum absolute atomic E-state index is 0.0314. The number of aromatic nitrogens is 2. The van der Waals surface area contributed by atoms with Gasteiger partial charge in [0.2, 0.25) is 0 Å². The number of nitrogens with zero attached hydrogens (tertiary/aromatic N) is 6. The van der Waals surface area contributed by atoms with Crippen LogP contribution in [0.25, 0.3) is 11.1 Å². The van der Waals surface area contributed by atoms with Crippen LogP contribution in [0, 0.1) is 5.92 Å². The molecule has 2 aromatic heterocycles. The van der Waals surface area contributed by atoms with E-state index in [1.54, 1.807) is 6.33 Å². The van der Waals surface area contributed by atoms with Gasteiger partial charge in [0.1, 0.15) is 34.2 Å². The van der Waals surface area contributed by atoms with Gasteiger partial charge >= 0.3 is 0 Å². The van der Waals surface area contributed by atoms with Crippen molar-refractivity contribution in [3.8, 4) is 10.8 Å². The Kier molecular flexibility index (Phi) is 9.58. The van der Waals surface area contributed by atoms with Crippen molar-refractivity contribution >= 4 is 34.9 Å². The lowest BCUT2D eigenvalue weighted by Crippen LogP contribution is -2.45. The van der Waals surface area contributed by atoms with Crippen molar-refractivity contribution in [2.45, 2.75) is 38.5 Å². The number of imidazole rings is 1. The molecule has 1 fully saturated rings. The monoisotopic (exact) mass is 634 g/mol. The van der Waals surface area contributed by atoms with Gasteiger partial charge in [0.15, 0.2) is 0 Å². The normalized spacial score (nSPS) is 21.2. The molecule has 0 bridgehead atoms. The highest BCUT2D eigenvalue weighted by molar-refractivity contribution is 7.16. The molecule has 1 amide bonds. The molecule has 0 saturated carbocycles. The van der Waals surface area contributed by atoms with E-state index in [1.165, 1.54) is 11.3 Å². The maximum atomic E-state index is 12.3. The number of benzene rings is 1. The molecule has 4 heterocycles. The number of likely N-dealkylation sites (N-methyl/N-ethyl adjacent to an activating group) is 1. The van der Waals surface area contributed by atoms with Gasteiger partial charge in [-0.3, -0.25) is 14.7 Å². The summed E-state index contributed by atoms with van der Waals surface area (Å²) in [4.78, 5) is 22.3. The van der Waals surface area contributed by atoms with Crippen molar-refractivity contribution in [1.29, 1.82) is 0 Å².